The van der Waals surface area contributed by atoms with E-state index < -0.39 is 0 Å². The standard InChI is InChI=1S/C15H24N2O/c1-15(2,3)13-7-12(5-6-14(13)18-4)17-10-11-8-16-9-11/h5-7,11,16-17H,8-10H2,1-4H3. The molecule has 0 saturated carbocycles. The van der Waals surface area contributed by atoms with E-state index in [0.29, 0.717) is 0 Å². The van der Waals surface area contributed by atoms with Crippen molar-refractivity contribution in [3.63, 3.8) is 0 Å². The SMILES string of the molecule is COc1ccc(NCC2CNC2)cc1C(C)(C)C. The Labute approximate surface area is 110 Å². The summed E-state index contributed by atoms with van der Waals surface area (Å²) in [5, 5.41) is 6.81. The Morgan fingerprint density at radius 1 is 1.33 bits per heavy atom. The molecule has 0 amide bonds. The highest BCUT2D eigenvalue weighted by Gasteiger charge is 2.20. The minimum absolute atomic E-state index is 0.0983. The summed E-state index contributed by atoms with van der Waals surface area (Å²) in [5.41, 5.74) is 2.54. The zero-order valence-electron chi connectivity index (χ0n) is 11.8. The molecule has 0 radical (unpaired) electrons. The molecule has 1 aromatic rings. The molecule has 0 spiro atoms. The van der Waals surface area contributed by atoms with Gasteiger partial charge in [0.15, 0.2) is 0 Å². The van der Waals surface area contributed by atoms with Crippen molar-refractivity contribution in [3.05, 3.63) is 23.8 Å². The van der Waals surface area contributed by atoms with Crippen LogP contribution in [0.25, 0.3) is 0 Å². The van der Waals surface area contributed by atoms with E-state index >= 15 is 0 Å². The first-order valence-electron chi connectivity index (χ1n) is 6.64. The van der Waals surface area contributed by atoms with E-state index in [2.05, 4.69) is 49.6 Å². The second-order valence-corrected chi connectivity index (χ2v) is 6.07. The molecule has 0 atom stereocenters. The monoisotopic (exact) mass is 248 g/mol. The lowest BCUT2D eigenvalue weighted by molar-refractivity contribution is 0.365. The highest BCUT2D eigenvalue weighted by molar-refractivity contribution is 5.53. The minimum Gasteiger partial charge on any atom is -0.496 e. The van der Waals surface area contributed by atoms with Crippen molar-refractivity contribution in [3.8, 4) is 5.75 Å². The average Bonchev–Trinajstić information content (AvgIpc) is 2.25. The molecule has 0 aliphatic carbocycles. The second-order valence-electron chi connectivity index (χ2n) is 6.07. The van der Waals surface area contributed by atoms with Gasteiger partial charge in [0.1, 0.15) is 5.75 Å². The Bertz CT molecular complexity index is 405. The van der Waals surface area contributed by atoms with Crippen LogP contribution in [0.3, 0.4) is 0 Å². The van der Waals surface area contributed by atoms with Gasteiger partial charge in [0.25, 0.3) is 0 Å². The maximum Gasteiger partial charge on any atom is 0.122 e. The van der Waals surface area contributed by atoms with E-state index in [-0.39, 0.29) is 5.41 Å². The van der Waals surface area contributed by atoms with Crippen LogP contribution in [0.2, 0.25) is 0 Å². The normalized spacial score (nSPS) is 16.2. The van der Waals surface area contributed by atoms with Crippen LogP contribution in [0.4, 0.5) is 5.69 Å². The topological polar surface area (TPSA) is 33.3 Å². The Morgan fingerprint density at radius 3 is 2.56 bits per heavy atom. The van der Waals surface area contributed by atoms with Crippen molar-refractivity contribution in [2.24, 2.45) is 5.92 Å². The molecule has 1 aliphatic rings. The quantitative estimate of drug-likeness (QED) is 0.859. The molecule has 0 aromatic heterocycles. The van der Waals surface area contributed by atoms with Crippen molar-refractivity contribution >= 4 is 5.69 Å². The zero-order valence-corrected chi connectivity index (χ0v) is 11.8. The molecule has 1 aliphatic heterocycles. The molecule has 1 fully saturated rings. The number of ether oxygens (including phenoxy) is 1. The first kappa shape index (κ1) is 13.2. The molecule has 3 heteroatoms. The number of anilines is 1. The molecular formula is C15H24N2O. The predicted molar refractivity (Wildman–Crippen MR) is 76.5 cm³/mol. The van der Waals surface area contributed by atoms with Crippen molar-refractivity contribution < 1.29 is 4.74 Å². The summed E-state index contributed by atoms with van der Waals surface area (Å²) in [4.78, 5) is 0. The summed E-state index contributed by atoms with van der Waals surface area (Å²) in [6.45, 7) is 9.95. The Morgan fingerprint density at radius 2 is 2.06 bits per heavy atom. The highest BCUT2D eigenvalue weighted by Crippen LogP contribution is 2.33. The van der Waals surface area contributed by atoms with Gasteiger partial charge >= 0.3 is 0 Å². The molecule has 100 valence electrons. The summed E-state index contributed by atoms with van der Waals surface area (Å²) < 4.78 is 5.45. The molecule has 2 rings (SSSR count). The van der Waals surface area contributed by atoms with Crippen molar-refractivity contribution in [2.45, 2.75) is 26.2 Å². The molecule has 1 aromatic carbocycles. The van der Waals surface area contributed by atoms with Gasteiger partial charge < -0.3 is 15.4 Å². The third kappa shape index (κ3) is 2.96. The average molecular weight is 248 g/mol. The van der Waals surface area contributed by atoms with Crippen LogP contribution in [-0.2, 0) is 5.41 Å². The smallest absolute Gasteiger partial charge is 0.122 e. The van der Waals surface area contributed by atoms with Crippen LogP contribution < -0.4 is 15.4 Å². The van der Waals surface area contributed by atoms with Crippen LogP contribution in [0.15, 0.2) is 18.2 Å². The van der Waals surface area contributed by atoms with E-state index in [1.807, 2.05) is 0 Å². The van der Waals surface area contributed by atoms with E-state index in [1.165, 1.54) is 11.3 Å². The van der Waals surface area contributed by atoms with Crippen LogP contribution in [0.5, 0.6) is 5.75 Å². The first-order chi connectivity index (χ1) is 8.50. The third-order valence-corrected chi connectivity index (χ3v) is 3.47. The number of nitrogens with one attached hydrogen (secondary N) is 2. The number of rotatable bonds is 4. The maximum absolute atomic E-state index is 5.45. The first-order valence-corrected chi connectivity index (χ1v) is 6.64. The van der Waals surface area contributed by atoms with E-state index in [4.69, 9.17) is 4.74 Å². The summed E-state index contributed by atoms with van der Waals surface area (Å²) in [7, 11) is 1.73. The Balaban J connectivity index is 2.11. The second kappa shape index (κ2) is 5.19. The van der Waals surface area contributed by atoms with Gasteiger partial charge in [0.2, 0.25) is 0 Å². The van der Waals surface area contributed by atoms with Crippen LogP contribution >= 0.6 is 0 Å². The van der Waals surface area contributed by atoms with Crippen LogP contribution in [-0.4, -0.2) is 26.7 Å². The fraction of sp³-hybridized carbons (Fsp3) is 0.600. The Kier molecular flexibility index (Phi) is 3.81. The molecular weight excluding hydrogens is 224 g/mol. The van der Waals surface area contributed by atoms with E-state index in [0.717, 1.165) is 31.3 Å². The number of hydrogen-bond donors (Lipinski definition) is 2. The van der Waals surface area contributed by atoms with Gasteiger partial charge in [0, 0.05) is 36.8 Å². The molecule has 2 N–H and O–H groups in total. The van der Waals surface area contributed by atoms with Gasteiger partial charge in [-0.05, 0) is 23.6 Å². The van der Waals surface area contributed by atoms with Gasteiger partial charge in [-0.3, -0.25) is 0 Å². The summed E-state index contributed by atoms with van der Waals surface area (Å²) in [5.74, 6) is 1.74. The van der Waals surface area contributed by atoms with Gasteiger partial charge in [-0.2, -0.15) is 0 Å². The third-order valence-electron chi connectivity index (χ3n) is 3.47. The van der Waals surface area contributed by atoms with Crippen molar-refractivity contribution in [1.82, 2.24) is 5.32 Å². The highest BCUT2D eigenvalue weighted by atomic mass is 16.5. The number of methoxy groups -OCH3 is 1. The number of hydrogen-bond acceptors (Lipinski definition) is 3. The fourth-order valence-electron chi connectivity index (χ4n) is 2.16. The number of benzene rings is 1. The molecule has 0 bridgehead atoms. The largest absolute Gasteiger partial charge is 0.496 e. The summed E-state index contributed by atoms with van der Waals surface area (Å²) in [6, 6.07) is 6.37. The summed E-state index contributed by atoms with van der Waals surface area (Å²) >= 11 is 0. The molecule has 0 unspecified atom stereocenters. The van der Waals surface area contributed by atoms with Gasteiger partial charge in [-0.1, -0.05) is 20.8 Å². The van der Waals surface area contributed by atoms with Crippen LogP contribution in [0.1, 0.15) is 26.3 Å². The molecule has 1 saturated heterocycles. The lowest BCUT2D eigenvalue weighted by Crippen LogP contribution is -2.45. The van der Waals surface area contributed by atoms with Gasteiger partial charge in [0.05, 0.1) is 7.11 Å². The van der Waals surface area contributed by atoms with Gasteiger partial charge in [-0.15, -0.1) is 0 Å². The molecule has 18 heavy (non-hydrogen) atoms. The predicted octanol–water partition coefficient (Wildman–Crippen LogP) is 2.62. The maximum atomic E-state index is 5.45. The molecule has 3 nitrogen and oxygen atoms in total. The van der Waals surface area contributed by atoms with Gasteiger partial charge in [-0.25, -0.2) is 0 Å². The van der Waals surface area contributed by atoms with Crippen LogP contribution in [0, 0.1) is 5.92 Å². The lowest BCUT2D eigenvalue weighted by Gasteiger charge is -2.28. The fourth-order valence-corrected chi connectivity index (χ4v) is 2.16. The minimum atomic E-state index is 0.0983. The Hall–Kier alpha value is -1.22. The lowest BCUT2D eigenvalue weighted by atomic mass is 9.86. The molecule has 1 heterocycles. The zero-order chi connectivity index (χ0) is 13.2. The van der Waals surface area contributed by atoms with Crippen molar-refractivity contribution in [2.75, 3.05) is 32.1 Å². The summed E-state index contributed by atoms with van der Waals surface area (Å²) in [6.07, 6.45) is 0. The van der Waals surface area contributed by atoms with Crippen molar-refractivity contribution in [1.29, 1.82) is 0 Å². The van der Waals surface area contributed by atoms with E-state index in [9.17, 15) is 0 Å². The van der Waals surface area contributed by atoms with E-state index in [1.54, 1.807) is 7.11 Å².